The highest BCUT2D eigenvalue weighted by atomic mass is 16.7. The molecule has 1 saturated heterocycles. The van der Waals surface area contributed by atoms with Gasteiger partial charge in [0.2, 0.25) is 5.75 Å². The fraction of sp³-hybridized carbons (Fsp3) is 0.400. The van der Waals surface area contributed by atoms with Gasteiger partial charge < -0.3 is 33.7 Å². The molecular weight excluding hydrogens is 564 g/mol. The first-order chi connectivity index (χ1) is 20.5. The molecule has 2 aromatic rings. The van der Waals surface area contributed by atoms with Crippen LogP contribution in [0.5, 0.6) is 11.5 Å². The predicted molar refractivity (Wildman–Crippen MR) is 149 cm³/mol. The average Bonchev–Trinajstić information content (AvgIpc) is 3.02. The van der Waals surface area contributed by atoms with Crippen molar-refractivity contribution in [2.75, 3.05) is 20.3 Å². The molecule has 3 rings (SSSR count). The first-order valence-corrected chi connectivity index (χ1v) is 13.5. The summed E-state index contributed by atoms with van der Waals surface area (Å²) in [5.41, 5.74) is 0.341. The zero-order valence-electron chi connectivity index (χ0n) is 24.3. The van der Waals surface area contributed by atoms with Crippen molar-refractivity contribution in [3.63, 3.8) is 0 Å². The molecule has 0 radical (unpaired) electrons. The Morgan fingerprint density at radius 3 is 2.51 bits per heavy atom. The second kappa shape index (κ2) is 15.3. The zero-order chi connectivity index (χ0) is 31.5. The fourth-order valence-corrected chi connectivity index (χ4v) is 4.07. The molecule has 1 aliphatic heterocycles. The van der Waals surface area contributed by atoms with Crippen LogP contribution in [0, 0.1) is 11.8 Å². The van der Waals surface area contributed by atoms with Crippen molar-refractivity contribution in [2.45, 2.75) is 45.4 Å². The molecule has 230 valence electrons. The van der Waals surface area contributed by atoms with E-state index in [1.807, 2.05) is 6.07 Å². The number of carbonyl (C=O) groups is 5. The van der Waals surface area contributed by atoms with E-state index in [9.17, 15) is 24.0 Å². The molecule has 4 atom stereocenters. The highest BCUT2D eigenvalue weighted by molar-refractivity contribution is 5.98. The Morgan fingerprint density at radius 2 is 1.86 bits per heavy atom. The molecule has 0 aliphatic carbocycles. The van der Waals surface area contributed by atoms with Crippen LogP contribution in [0.4, 0.5) is 4.79 Å². The quantitative estimate of drug-likeness (QED) is 0.242. The summed E-state index contributed by atoms with van der Waals surface area (Å²) in [6.07, 6.45) is -0.757. The molecular formula is C30H34N2O11. The van der Waals surface area contributed by atoms with Crippen molar-refractivity contribution in [3.8, 4) is 11.5 Å². The number of nitrogens with one attached hydrogen (secondary N) is 1. The van der Waals surface area contributed by atoms with Crippen LogP contribution < -0.4 is 14.8 Å². The minimum Gasteiger partial charge on any atom is -0.493 e. The SMILES string of the molecule is C=CCOC(=O)Oc1c(OC)ccnc1C(=O)N[C@H]1COC(=O)[C@H](Cc2ccccc2)[C@@H](OC(=O)C(C)C)[C@H](C)OC1=O. The van der Waals surface area contributed by atoms with Gasteiger partial charge in [-0.3, -0.25) is 14.4 Å². The van der Waals surface area contributed by atoms with Crippen LogP contribution >= 0.6 is 0 Å². The molecule has 0 unspecified atom stereocenters. The maximum atomic E-state index is 13.4. The van der Waals surface area contributed by atoms with Gasteiger partial charge in [-0.2, -0.15) is 0 Å². The summed E-state index contributed by atoms with van der Waals surface area (Å²) >= 11 is 0. The largest absolute Gasteiger partial charge is 0.514 e. The molecule has 0 saturated carbocycles. The Kier molecular flexibility index (Phi) is 11.6. The number of hydrogen-bond donors (Lipinski definition) is 1. The predicted octanol–water partition coefficient (Wildman–Crippen LogP) is 2.81. The van der Waals surface area contributed by atoms with E-state index in [0.717, 1.165) is 5.56 Å². The molecule has 1 fully saturated rings. The molecule has 1 aromatic carbocycles. The van der Waals surface area contributed by atoms with Crippen LogP contribution in [0.15, 0.2) is 55.3 Å². The molecule has 1 amide bonds. The smallest absolute Gasteiger partial charge is 0.493 e. The van der Waals surface area contributed by atoms with Crippen molar-refractivity contribution < 1.29 is 52.4 Å². The Labute approximate surface area is 248 Å². The lowest BCUT2D eigenvalue weighted by atomic mass is 9.91. The fourth-order valence-electron chi connectivity index (χ4n) is 4.07. The lowest BCUT2D eigenvalue weighted by Gasteiger charge is -2.29. The minimum absolute atomic E-state index is 0.0219. The van der Waals surface area contributed by atoms with E-state index in [2.05, 4.69) is 16.9 Å². The third kappa shape index (κ3) is 8.77. The van der Waals surface area contributed by atoms with Gasteiger partial charge >= 0.3 is 24.1 Å². The number of carbonyl (C=O) groups excluding carboxylic acids is 5. The Bertz CT molecular complexity index is 1330. The standard InChI is InChI=1S/C30H34N2O11/c1-6-14-39-30(37)43-25-22(38-5)12-13-31-23(25)26(33)32-21-16-40-28(35)20(15-19-10-8-7-9-11-19)24(18(4)41-29(21)36)42-27(34)17(2)3/h6-13,17-18,20-21,24H,1,14-16H2,2-5H3,(H,32,33)/t18-,20+,21-,24-/m0/s1. The van der Waals surface area contributed by atoms with Crippen molar-refractivity contribution in [1.82, 2.24) is 10.3 Å². The average molecular weight is 599 g/mol. The number of cyclic esters (lactones) is 2. The van der Waals surface area contributed by atoms with Gasteiger partial charge in [-0.05, 0) is 18.9 Å². The van der Waals surface area contributed by atoms with Gasteiger partial charge in [0.25, 0.3) is 5.91 Å². The number of nitrogens with zero attached hydrogens (tertiary/aromatic N) is 1. The molecule has 13 nitrogen and oxygen atoms in total. The van der Waals surface area contributed by atoms with Crippen LogP contribution in [-0.2, 0) is 39.8 Å². The van der Waals surface area contributed by atoms with E-state index in [4.69, 9.17) is 28.4 Å². The zero-order valence-corrected chi connectivity index (χ0v) is 24.3. The van der Waals surface area contributed by atoms with Crippen molar-refractivity contribution in [1.29, 1.82) is 0 Å². The minimum atomic E-state index is -1.50. The highest BCUT2D eigenvalue weighted by Gasteiger charge is 2.42. The van der Waals surface area contributed by atoms with Crippen molar-refractivity contribution in [2.24, 2.45) is 11.8 Å². The number of pyridine rings is 1. The van der Waals surface area contributed by atoms with Crippen molar-refractivity contribution >= 4 is 30.0 Å². The van der Waals surface area contributed by atoms with Crippen LogP contribution in [0.3, 0.4) is 0 Å². The Hall–Kier alpha value is -4.94. The summed E-state index contributed by atoms with van der Waals surface area (Å²) in [6, 6.07) is 8.86. The molecule has 1 aromatic heterocycles. The van der Waals surface area contributed by atoms with Crippen LogP contribution in [-0.4, -0.2) is 73.5 Å². The van der Waals surface area contributed by atoms with E-state index in [1.54, 1.807) is 38.1 Å². The molecule has 1 aliphatic rings. The summed E-state index contributed by atoms with van der Waals surface area (Å²) < 4.78 is 31.8. The number of rotatable bonds is 10. The lowest BCUT2D eigenvalue weighted by Crippen LogP contribution is -2.47. The van der Waals surface area contributed by atoms with Crippen LogP contribution in [0.1, 0.15) is 36.8 Å². The summed E-state index contributed by atoms with van der Waals surface area (Å²) in [5, 5.41) is 2.40. The van der Waals surface area contributed by atoms with Crippen molar-refractivity contribution in [3.05, 3.63) is 66.5 Å². The summed E-state index contributed by atoms with van der Waals surface area (Å²) in [6.45, 7) is 7.43. The van der Waals surface area contributed by atoms with Crippen LogP contribution in [0.2, 0.25) is 0 Å². The number of benzene rings is 1. The molecule has 1 N–H and O–H groups in total. The molecule has 43 heavy (non-hydrogen) atoms. The van der Waals surface area contributed by atoms with E-state index < -0.39 is 72.4 Å². The van der Waals surface area contributed by atoms with Gasteiger partial charge in [0, 0.05) is 12.3 Å². The van der Waals surface area contributed by atoms with Gasteiger partial charge in [-0.25, -0.2) is 14.6 Å². The first-order valence-electron chi connectivity index (χ1n) is 13.5. The van der Waals surface area contributed by atoms with Gasteiger partial charge in [0.15, 0.2) is 23.6 Å². The Morgan fingerprint density at radius 1 is 1.14 bits per heavy atom. The summed E-state index contributed by atoms with van der Waals surface area (Å²) in [4.78, 5) is 68.5. The molecule has 0 bridgehead atoms. The van der Waals surface area contributed by atoms with E-state index >= 15 is 0 Å². The third-order valence-corrected chi connectivity index (χ3v) is 6.28. The first kappa shape index (κ1) is 32.6. The number of methoxy groups -OCH3 is 1. The maximum absolute atomic E-state index is 13.4. The number of amides is 1. The summed E-state index contributed by atoms with van der Waals surface area (Å²) in [5.74, 6) is -5.22. The third-order valence-electron chi connectivity index (χ3n) is 6.28. The molecule has 13 heteroatoms. The van der Waals surface area contributed by atoms with Gasteiger partial charge in [0.1, 0.15) is 25.2 Å². The topological polar surface area (TPSA) is 166 Å². The number of ether oxygens (including phenoxy) is 6. The van der Waals surface area contributed by atoms with Gasteiger partial charge in [-0.1, -0.05) is 56.8 Å². The summed E-state index contributed by atoms with van der Waals surface area (Å²) in [7, 11) is 1.28. The van der Waals surface area contributed by atoms with Gasteiger partial charge in [-0.15, -0.1) is 0 Å². The monoisotopic (exact) mass is 598 g/mol. The second-order valence-corrected chi connectivity index (χ2v) is 9.79. The molecule has 0 spiro atoms. The number of esters is 3. The maximum Gasteiger partial charge on any atom is 0.514 e. The Balaban J connectivity index is 1.88. The second-order valence-electron chi connectivity index (χ2n) is 9.79. The van der Waals surface area contributed by atoms with E-state index in [1.165, 1.54) is 32.4 Å². The number of hydrogen-bond acceptors (Lipinski definition) is 12. The highest BCUT2D eigenvalue weighted by Crippen LogP contribution is 2.30. The van der Waals surface area contributed by atoms with Crippen LogP contribution in [0.25, 0.3) is 0 Å². The molecule has 2 heterocycles. The number of aromatic nitrogens is 1. The van der Waals surface area contributed by atoms with E-state index in [-0.39, 0.29) is 24.5 Å². The lowest BCUT2D eigenvalue weighted by molar-refractivity contribution is -0.176. The van der Waals surface area contributed by atoms with Gasteiger partial charge in [0.05, 0.1) is 13.0 Å². The normalized spacial score (nSPS) is 20.3. The van der Waals surface area contributed by atoms with E-state index in [0.29, 0.717) is 0 Å².